The SMILES string of the molecule is C=C/C=N\C1CC1(CI)CCI. The molecule has 12 heavy (non-hydrogen) atoms. The van der Waals surface area contributed by atoms with E-state index in [0.29, 0.717) is 11.5 Å². The van der Waals surface area contributed by atoms with Crippen LogP contribution in [0.1, 0.15) is 12.8 Å². The van der Waals surface area contributed by atoms with E-state index in [9.17, 15) is 0 Å². The van der Waals surface area contributed by atoms with Crippen molar-refractivity contribution in [2.75, 3.05) is 8.86 Å². The maximum atomic E-state index is 4.45. The molecule has 2 unspecified atom stereocenters. The van der Waals surface area contributed by atoms with E-state index in [1.54, 1.807) is 6.08 Å². The predicted octanol–water partition coefficient (Wildman–Crippen LogP) is 3.26. The van der Waals surface area contributed by atoms with Gasteiger partial charge in [0, 0.05) is 20.5 Å². The Morgan fingerprint density at radius 2 is 2.33 bits per heavy atom. The average molecular weight is 389 g/mol. The first-order valence-corrected chi connectivity index (χ1v) is 7.10. The highest BCUT2D eigenvalue weighted by molar-refractivity contribution is 14.1. The van der Waals surface area contributed by atoms with E-state index < -0.39 is 0 Å². The Labute approximate surface area is 101 Å². The lowest BCUT2D eigenvalue weighted by atomic mass is 10.1. The van der Waals surface area contributed by atoms with Gasteiger partial charge in [-0.25, -0.2) is 0 Å². The third-order valence-corrected chi connectivity index (χ3v) is 4.44. The zero-order chi connectivity index (χ0) is 9.03. The van der Waals surface area contributed by atoms with Gasteiger partial charge in [0.1, 0.15) is 0 Å². The Bertz CT molecular complexity index is 191. The van der Waals surface area contributed by atoms with Crippen molar-refractivity contribution in [1.29, 1.82) is 0 Å². The number of hydrogen-bond donors (Lipinski definition) is 0. The summed E-state index contributed by atoms with van der Waals surface area (Å²) in [5.74, 6) is 0. The third kappa shape index (κ3) is 2.43. The van der Waals surface area contributed by atoms with Crippen molar-refractivity contribution in [1.82, 2.24) is 0 Å². The van der Waals surface area contributed by atoms with Crippen molar-refractivity contribution in [3.8, 4) is 0 Å². The topological polar surface area (TPSA) is 12.4 Å². The van der Waals surface area contributed by atoms with E-state index in [4.69, 9.17) is 0 Å². The highest BCUT2D eigenvalue weighted by atomic mass is 127. The van der Waals surface area contributed by atoms with Crippen LogP contribution in [0, 0.1) is 5.41 Å². The minimum atomic E-state index is 0.543. The van der Waals surface area contributed by atoms with Crippen molar-refractivity contribution in [2.45, 2.75) is 18.9 Å². The molecule has 2 atom stereocenters. The molecule has 0 saturated heterocycles. The first-order valence-electron chi connectivity index (χ1n) is 4.05. The number of allylic oxidation sites excluding steroid dienone is 1. The summed E-state index contributed by atoms with van der Waals surface area (Å²) in [6.45, 7) is 3.63. The largest absolute Gasteiger partial charge is 0.289 e. The maximum Gasteiger partial charge on any atom is 0.0570 e. The Hall–Kier alpha value is 0.870. The Kier molecular flexibility index (Phi) is 4.50. The van der Waals surface area contributed by atoms with Crippen LogP contribution in [0.4, 0.5) is 0 Å². The molecule has 0 amide bonds. The fraction of sp³-hybridized carbons (Fsp3) is 0.667. The van der Waals surface area contributed by atoms with Crippen molar-refractivity contribution >= 4 is 51.4 Å². The zero-order valence-corrected chi connectivity index (χ0v) is 11.3. The molecule has 0 radical (unpaired) electrons. The Morgan fingerprint density at radius 1 is 1.58 bits per heavy atom. The number of aliphatic imine (C=N–C) groups is 1. The molecular formula is C9H13I2N. The van der Waals surface area contributed by atoms with E-state index >= 15 is 0 Å². The molecule has 1 rings (SSSR count). The summed E-state index contributed by atoms with van der Waals surface area (Å²) in [7, 11) is 0. The molecule has 1 nitrogen and oxygen atoms in total. The molecular weight excluding hydrogens is 376 g/mol. The van der Waals surface area contributed by atoms with Crippen molar-refractivity contribution in [3.63, 3.8) is 0 Å². The standard InChI is InChI=1S/C9H13I2N/c1-2-5-12-8-6-9(8,7-11)3-4-10/h2,5,8H,1,3-4,6-7H2/b12-5-. The van der Waals surface area contributed by atoms with Crippen LogP contribution in [-0.2, 0) is 0 Å². The van der Waals surface area contributed by atoms with Gasteiger partial charge in [-0.1, -0.05) is 57.8 Å². The van der Waals surface area contributed by atoms with Crippen LogP contribution in [0.3, 0.4) is 0 Å². The third-order valence-electron chi connectivity index (χ3n) is 2.38. The van der Waals surface area contributed by atoms with Crippen LogP contribution < -0.4 is 0 Å². The van der Waals surface area contributed by atoms with Gasteiger partial charge in [0.2, 0.25) is 0 Å². The Balaban J connectivity index is 2.43. The quantitative estimate of drug-likeness (QED) is 0.389. The van der Waals surface area contributed by atoms with Crippen molar-refractivity contribution in [2.24, 2.45) is 10.4 Å². The van der Waals surface area contributed by atoms with Crippen LogP contribution in [-0.4, -0.2) is 21.1 Å². The van der Waals surface area contributed by atoms with Gasteiger partial charge in [0.15, 0.2) is 0 Å². The van der Waals surface area contributed by atoms with Gasteiger partial charge in [-0.15, -0.1) is 0 Å². The second-order valence-corrected chi connectivity index (χ2v) is 5.03. The van der Waals surface area contributed by atoms with Crippen LogP contribution >= 0.6 is 45.2 Å². The monoisotopic (exact) mass is 389 g/mol. The van der Waals surface area contributed by atoms with Crippen LogP contribution in [0.2, 0.25) is 0 Å². The number of hydrogen-bond acceptors (Lipinski definition) is 1. The second kappa shape index (κ2) is 4.93. The summed E-state index contributed by atoms with van der Waals surface area (Å²) in [5.41, 5.74) is 0.543. The lowest BCUT2D eigenvalue weighted by Gasteiger charge is -2.08. The molecule has 68 valence electrons. The number of rotatable bonds is 5. The fourth-order valence-corrected chi connectivity index (χ4v) is 3.64. The average Bonchev–Trinajstić information content (AvgIpc) is 2.77. The fourth-order valence-electron chi connectivity index (χ4n) is 1.37. The van der Waals surface area contributed by atoms with E-state index in [1.165, 1.54) is 21.7 Å². The summed E-state index contributed by atoms with van der Waals surface area (Å²) in [4.78, 5) is 4.45. The summed E-state index contributed by atoms with van der Waals surface area (Å²) in [5, 5.41) is 0. The minimum absolute atomic E-state index is 0.543. The molecule has 0 heterocycles. The molecule has 0 aromatic rings. The van der Waals surface area contributed by atoms with Crippen LogP contribution in [0.25, 0.3) is 0 Å². The van der Waals surface area contributed by atoms with E-state index in [1.807, 2.05) is 6.21 Å². The molecule has 0 N–H and O–H groups in total. The highest BCUT2D eigenvalue weighted by Crippen LogP contribution is 2.52. The van der Waals surface area contributed by atoms with Gasteiger partial charge in [0.05, 0.1) is 6.04 Å². The van der Waals surface area contributed by atoms with Crippen LogP contribution in [0.5, 0.6) is 0 Å². The molecule has 0 aromatic carbocycles. The molecule has 1 fully saturated rings. The predicted molar refractivity (Wildman–Crippen MR) is 71.9 cm³/mol. The first kappa shape index (κ1) is 10.9. The van der Waals surface area contributed by atoms with Gasteiger partial charge in [-0.3, -0.25) is 4.99 Å². The lowest BCUT2D eigenvalue weighted by Crippen LogP contribution is -2.08. The molecule has 1 aliphatic carbocycles. The molecule has 3 heteroatoms. The second-order valence-electron chi connectivity index (χ2n) is 3.19. The number of halogens is 2. The van der Waals surface area contributed by atoms with Gasteiger partial charge >= 0.3 is 0 Å². The van der Waals surface area contributed by atoms with Crippen molar-refractivity contribution in [3.05, 3.63) is 12.7 Å². The normalized spacial score (nSPS) is 34.0. The van der Waals surface area contributed by atoms with Gasteiger partial charge in [0.25, 0.3) is 0 Å². The highest BCUT2D eigenvalue weighted by Gasteiger charge is 2.52. The summed E-state index contributed by atoms with van der Waals surface area (Å²) < 4.78 is 2.49. The lowest BCUT2D eigenvalue weighted by molar-refractivity contribution is 0.556. The molecule has 1 aliphatic rings. The maximum absolute atomic E-state index is 4.45. The molecule has 0 aromatic heterocycles. The van der Waals surface area contributed by atoms with Crippen LogP contribution in [0.15, 0.2) is 17.6 Å². The minimum Gasteiger partial charge on any atom is -0.289 e. The van der Waals surface area contributed by atoms with E-state index in [-0.39, 0.29) is 0 Å². The summed E-state index contributed by atoms with van der Waals surface area (Å²) in [6.07, 6.45) is 6.20. The van der Waals surface area contributed by atoms with E-state index in [2.05, 4.69) is 56.8 Å². The smallest absolute Gasteiger partial charge is 0.0570 e. The van der Waals surface area contributed by atoms with Gasteiger partial charge in [-0.2, -0.15) is 0 Å². The van der Waals surface area contributed by atoms with Crippen molar-refractivity contribution < 1.29 is 0 Å². The Morgan fingerprint density at radius 3 is 2.83 bits per heavy atom. The molecule has 0 aliphatic heterocycles. The molecule has 0 bridgehead atoms. The number of alkyl halides is 2. The van der Waals surface area contributed by atoms with Gasteiger partial charge in [-0.05, 0) is 12.8 Å². The first-order chi connectivity index (χ1) is 5.79. The zero-order valence-electron chi connectivity index (χ0n) is 6.97. The summed E-state index contributed by atoms with van der Waals surface area (Å²) >= 11 is 4.93. The molecule has 0 spiro atoms. The van der Waals surface area contributed by atoms with Gasteiger partial charge < -0.3 is 0 Å². The van der Waals surface area contributed by atoms with E-state index in [0.717, 1.165) is 0 Å². The number of nitrogens with zero attached hydrogens (tertiary/aromatic N) is 1. The molecule has 1 saturated carbocycles. The summed E-state index contributed by atoms with van der Waals surface area (Å²) in [6, 6.07) is 0.585.